The van der Waals surface area contributed by atoms with Gasteiger partial charge in [-0.25, -0.2) is 0 Å². The topological polar surface area (TPSA) is 41.1 Å². The number of amides is 1. The van der Waals surface area contributed by atoms with E-state index < -0.39 is 0 Å². The van der Waals surface area contributed by atoms with E-state index in [9.17, 15) is 4.79 Å². The van der Waals surface area contributed by atoms with Gasteiger partial charge in [-0.3, -0.25) is 4.79 Å². The van der Waals surface area contributed by atoms with E-state index in [1.54, 1.807) is 0 Å². The van der Waals surface area contributed by atoms with Gasteiger partial charge in [0.05, 0.1) is 6.54 Å². The summed E-state index contributed by atoms with van der Waals surface area (Å²) < 4.78 is 0. The summed E-state index contributed by atoms with van der Waals surface area (Å²) in [6, 6.07) is 0.552. The zero-order chi connectivity index (χ0) is 11.4. The van der Waals surface area contributed by atoms with Gasteiger partial charge >= 0.3 is 0 Å². The molecule has 0 aromatic carbocycles. The molecule has 0 aromatic heterocycles. The van der Waals surface area contributed by atoms with E-state index in [0.29, 0.717) is 12.6 Å². The normalized spacial score (nSPS) is 45.8. The maximum absolute atomic E-state index is 11.8. The Kier molecular flexibility index (Phi) is 2.26. The summed E-state index contributed by atoms with van der Waals surface area (Å²) in [6.45, 7) is 1.57. The molecule has 0 radical (unpaired) electrons. The van der Waals surface area contributed by atoms with Crippen molar-refractivity contribution in [2.45, 2.75) is 38.1 Å². The van der Waals surface area contributed by atoms with Crippen LogP contribution in [0.5, 0.6) is 0 Å². The fourth-order valence-electron chi connectivity index (χ4n) is 4.47. The quantitative estimate of drug-likeness (QED) is 0.749. The van der Waals surface area contributed by atoms with Crippen LogP contribution in [-0.4, -0.2) is 25.0 Å². The van der Waals surface area contributed by atoms with Crippen LogP contribution in [-0.2, 0) is 4.79 Å². The second-order valence-corrected chi connectivity index (χ2v) is 6.66. The lowest BCUT2D eigenvalue weighted by atomic mass is 10.0. The van der Waals surface area contributed by atoms with Crippen molar-refractivity contribution in [3.8, 4) is 0 Å². The number of rotatable bonds is 5. The molecule has 0 heterocycles. The van der Waals surface area contributed by atoms with Crippen molar-refractivity contribution in [2.75, 3.05) is 13.1 Å². The van der Waals surface area contributed by atoms with Gasteiger partial charge in [0.1, 0.15) is 0 Å². The maximum atomic E-state index is 11.8. The van der Waals surface area contributed by atoms with Crippen LogP contribution in [0.3, 0.4) is 0 Å². The highest BCUT2D eigenvalue weighted by atomic mass is 16.2. The molecule has 4 rings (SSSR count). The molecule has 1 amide bonds. The second kappa shape index (κ2) is 3.71. The molecule has 17 heavy (non-hydrogen) atoms. The van der Waals surface area contributed by atoms with Gasteiger partial charge in [-0.1, -0.05) is 0 Å². The van der Waals surface area contributed by atoms with Crippen LogP contribution in [0, 0.1) is 29.6 Å². The molecular formula is C14H22N2O. The molecular weight excluding hydrogens is 212 g/mol. The minimum Gasteiger partial charge on any atom is -0.352 e. The minimum absolute atomic E-state index is 0.226. The fraction of sp³-hybridized carbons (Fsp3) is 0.929. The van der Waals surface area contributed by atoms with Crippen molar-refractivity contribution < 1.29 is 4.79 Å². The van der Waals surface area contributed by atoms with Crippen molar-refractivity contribution in [1.82, 2.24) is 10.6 Å². The van der Waals surface area contributed by atoms with E-state index in [1.807, 2.05) is 0 Å². The molecule has 2 N–H and O–H groups in total. The van der Waals surface area contributed by atoms with Crippen molar-refractivity contribution in [1.29, 1.82) is 0 Å². The van der Waals surface area contributed by atoms with Crippen molar-refractivity contribution in [2.24, 2.45) is 29.6 Å². The minimum atomic E-state index is 0.226. The van der Waals surface area contributed by atoms with Crippen LogP contribution >= 0.6 is 0 Å². The first-order valence-corrected chi connectivity index (χ1v) is 7.33. The summed E-state index contributed by atoms with van der Waals surface area (Å²) >= 11 is 0. The monoisotopic (exact) mass is 234 g/mol. The number of fused-ring (bicyclic) bond motifs is 5. The number of nitrogens with one attached hydrogen (secondary N) is 2. The first kappa shape index (κ1) is 10.4. The fourth-order valence-corrected chi connectivity index (χ4v) is 4.47. The van der Waals surface area contributed by atoms with Crippen LogP contribution in [0.25, 0.3) is 0 Å². The van der Waals surface area contributed by atoms with E-state index >= 15 is 0 Å². The van der Waals surface area contributed by atoms with Gasteiger partial charge in [0.15, 0.2) is 0 Å². The molecule has 4 aliphatic rings. The van der Waals surface area contributed by atoms with Gasteiger partial charge in [-0.15, -0.1) is 0 Å². The Bertz CT molecular complexity index is 323. The smallest absolute Gasteiger partial charge is 0.234 e. The lowest BCUT2D eigenvalue weighted by Gasteiger charge is -2.11. The van der Waals surface area contributed by atoms with Crippen LogP contribution < -0.4 is 10.6 Å². The molecule has 94 valence electrons. The molecule has 4 fully saturated rings. The molecule has 0 spiro atoms. The third-order valence-corrected chi connectivity index (χ3v) is 5.48. The molecule has 3 heteroatoms. The lowest BCUT2D eigenvalue weighted by molar-refractivity contribution is -0.120. The molecule has 4 aliphatic carbocycles. The molecule has 4 saturated carbocycles. The summed E-state index contributed by atoms with van der Waals surface area (Å²) in [5.41, 5.74) is 0. The molecule has 0 aromatic rings. The van der Waals surface area contributed by atoms with Crippen molar-refractivity contribution in [3.05, 3.63) is 0 Å². The molecule has 4 unspecified atom stereocenters. The Morgan fingerprint density at radius 1 is 1.06 bits per heavy atom. The van der Waals surface area contributed by atoms with Crippen LogP contribution in [0.15, 0.2) is 0 Å². The van der Waals surface area contributed by atoms with E-state index in [4.69, 9.17) is 0 Å². The zero-order valence-corrected chi connectivity index (χ0v) is 10.3. The second-order valence-electron chi connectivity index (χ2n) is 6.66. The average Bonchev–Trinajstić information content (AvgIpc) is 3.19. The van der Waals surface area contributed by atoms with E-state index in [-0.39, 0.29) is 5.91 Å². The first-order valence-electron chi connectivity index (χ1n) is 7.33. The Morgan fingerprint density at radius 2 is 1.76 bits per heavy atom. The lowest BCUT2D eigenvalue weighted by Crippen LogP contribution is -2.37. The third kappa shape index (κ3) is 1.79. The van der Waals surface area contributed by atoms with Gasteiger partial charge in [0.25, 0.3) is 0 Å². The van der Waals surface area contributed by atoms with Gasteiger partial charge in [0, 0.05) is 6.04 Å². The Morgan fingerprint density at radius 3 is 2.41 bits per heavy atom. The Labute approximate surface area is 103 Å². The Hall–Kier alpha value is -0.570. The maximum Gasteiger partial charge on any atom is 0.234 e. The molecule has 2 bridgehead atoms. The molecule has 4 atom stereocenters. The van der Waals surface area contributed by atoms with Gasteiger partial charge < -0.3 is 10.6 Å². The van der Waals surface area contributed by atoms with E-state index in [0.717, 1.165) is 36.1 Å². The molecule has 3 nitrogen and oxygen atoms in total. The predicted molar refractivity (Wildman–Crippen MR) is 65.3 cm³/mol. The summed E-state index contributed by atoms with van der Waals surface area (Å²) in [5.74, 6) is 4.72. The summed E-state index contributed by atoms with van der Waals surface area (Å²) in [4.78, 5) is 11.8. The molecule has 0 aliphatic heterocycles. The number of hydrogen-bond donors (Lipinski definition) is 2. The Balaban J connectivity index is 1.21. The number of carbonyl (C=O) groups is 1. The summed E-state index contributed by atoms with van der Waals surface area (Å²) in [7, 11) is 0. The number of carbonyl (C=O) groups excluding carboxylic acids is 1. The highest BCUT2D eigenvalue weighted by Crippen LogP contribution is 2.65. The SMILES string of the molecule is O=C(CNCC1CC1)NC1C2C3CCC(C3)C12. The van der Waals surface area contributed by atoms with Crippen LogP contribution in [0.1, 0.15) is 32.1 Å². The summed E-state index contributed by atoms with van der Waals surface area (Å²) in [5, 5.41) is 6.52. The average molecular weight is 234 g/mol. The van der Waals surface area contributed by atoms with E-state index in [2.05, 4.69) is 10.6 Å². The summed E-state index contributed by atoms with van der Waals surface area (Å²) in [6.07, 6.45) is 7.02. The van der Waals surface area contributed by atoms with Crippen molar-refractivity contribution >= 4 is 5.91 Å². The standard InChI is InChI=1S/C14H22N2O/c17-11(7-15-6-8-1-2-8)16-14-12-9-3-4-10(5-9)13(12)14/h8-10,12-15H,1-7H2,(H,16,17). The van der Waals surface area contributed by atoms with Gasteiger partial charge in [0.2, 0.25) is 5.91 Å². The largest absolute Gasteiger partial charge is 0.352 e. The van der Waals surface area contributed by atoms with Gasteiger partial charge in [-0.2, -0.15) is 0 Å². The third-order valence-electron chi connectivity index (χ3n) is 5.48. The highest BCUT2D eigenvalue weighted by Gasteiger charge is 2.65. The van der Waals surface area contributed by atoms with E-state index in [1.165, 1.54) is 32.1 Å². The zero-order valence-electron chi connectivity index (χ0n) is 10.3. The number of hydrogen-bond acceptors (Lipinski definition) is 2. The molecule has 0 saturated heterocycles. The van der Waals surface area contributed by atoms with Gasteiger partial charge in [-0.05, 0) is 68.2 Å². The predicted octanol–water partition coefficient (Wildman–Crippen LogP) is 1.15. The van der Waals surface area contributed by atoms with Crippen molar-refractivity contribution in [3.63, 3.8) is 0 Å². The first-order chi connectivity index (χ1) is 8.33. The van der Waals surface area contributed by atoms with Crippen LogP contribution in [0.2, 0.25) is 0 Å². The highest BCUT2D eigenvalue weighted by molar-refractivity contribution is 5.78. The van der Waals surface area contributed by atoms with Crippen LogP contribution in [0.4, 0.5) is 0 Å².